The van der Waals surface area contributed by atoms with Gasteiger partial charge in [0.15, 0.2) is 0 Å². The first-order chi connectivity index (χ1) is 8.80. The lowest BCUT2D eigenvalue weighted by molar-refractivity contribution is -0.137. The van der Waals surface area contributed by atoms with Crippen LogP contribution in [0.25, 0.3) is 0 Å². The van der Waals surface area contributed by atoms with Crippen molar-refractivity contribution in [3.05, 3.63) is 55.1 Å². The number of benzene rings is 1. The summed E-state index contributed by atoms with van der Waals surface area (Å²) >= 11 is 15.9. The average Bonchev–Trinajstić information content (AvgIpc) is 2.71. The molecule has 102 valence electrons. The normalized spacial score (nSPS) is 13.6. The Kier molecular flexibility index (Phi) is 4.50. The van der Waals surface area contributed by atoms with E-state index in [2.05, 4.69) is 15.9 Å². The minimum Gasteiger partial charge on any atom is -0.166 e. The number of alkyl halides is 4. The van der Waals surface area contributed by atoms with Gasteiger partial charge in [0.2, 0.25) is 0 Å². The Morgan fingerprint density at radius 2 is 1.74 bits per heavy atom. The molecule has 1 aromatic heterocycles. The minimum absolute atomic E-state index is 0.0000463. The number of hydrogen-bond donors (Lipinski definition) is 0. The van der Waals surface area contributed by atoms with Crippen LogP contribution in [-0.4, -0.2) is 0 Å². The highest BCUT2D eigenvalue weighted by Crippen LogP contribution is 2.45. The fourth-order valence-corrected chi connectivity index (χ4v) is 4.14. The second-order valence-corrected chi connectivity index (χ2v) is 6.32. The molecule has 1 atom stereocenters. The van der Waals surface area contributed by atoms with Crippen molar-refractivity contribution < 1.29 is 13.2 Å². The molecule has 0 radical (unpaired) electrons. The zero-order chi connectivity index (χ0) is 14.2. The Bertz CT molecular complexity index is 578. The molecule has 0 saturated heterocycles. The van der Waals surface area contributed by atoms with Crippen LogP contribution in [0.3, 0.4) is 0 Å². The maximum Gasteiger partial charge on any atom is 0.418 e. The molecular formula is C12H6BrCl2F3S. The molecule has 1 aromatic carbocycles. The Labute approximate surface area is 130 Å². The van der Waals surface area contributed by atoms with Crippen LogP contribution in [0.15, 0.2) is 34.1 Å². The standard InChI is InChI=1S/C12H6BrCl2F3S/c13-9-8(12(16,17)18)5-19-11(9)10(15)6-1-3-7(14)4-2-6/h1-5,10H. The van der Waals surface area contributed by atoms with Crippen LogP contribution in [0.1, 0.15) is 21.4 Å². The van der Waals surface area contributed by atoms with Gasteiger partial charge >= 0.3 is 6.18 Å². The zero-order valence-electron chi connectivity index (χ0n) is 9.14. The van der Waals surface area contributed by atoms with Gasteiger partial charge in [0.05, 0.1) is 10.9 Å². The quantitative estimate of drug-likeness (QED) is 0.513. The molecule has 1 heterocycles. The topological polar surface area (TPSA) is 0 Å². The van der Waals surface area contributed by atoms with Gasteiger partial charge in [0.25, 0.3) is 0 Å². The third-order valence-corrected chi connectivity index (χ3v) is 5.47. The molecule has 19 heavy (non-hydrogen) atoms. The molecule has 2 rings (SSSR count). The van der Waals surface area contributed by atoms with E-state index >= 15 is 0 Å². The highest BCUT2D eigenvalue weighted by Gasteiger charge is 2.36. The van der Waals surface area contributed by atoms with Crippen molar-refractivity contribution in [1.29, 1.82) is 0 Å². The van der Waals surface area contributed by atoms with Crippen molar-refractivity contribution >= 4 is 50.5 Å². The van der Waals surface area contributed by atoms with Gasteiger partial charge in [0.1, 0.15) is 0 Å². The SMILES string of the molecule is FC(F)(F)c1csc(C(Cl)c2ccc(Cl)cc2)c1Br. The van der Waals surface area contributed by atoms with Gasteiger partial charge in [-0.1, -0.05) is 23.7 Å². The molecule has 7 heteroatoms. The van der Waals surface area contributed by atoms with Crippen LogP contribution >= 0.6 is 50.5 Å². The molecule has 0 spiro atoms. The van der Waals surface area contributed by atoms with E-state index in [4.69, 9.17) is 23.2 Å². The molecule has 0 aliphatic heterocycles. The summed E-state index contributed by atoms with van der Waals surface area (Å²) in [4.78, 5) is 0.427. The molecule has 0 bridgehead atoms. The third-order valence-electron chi connectivity index (χ3n) is 2.45. The van der Waals surface area contributed by atoms with Crippen molar-refractivity contribution in [2.75, 3.05) is 0 Å². The summed E-state index contributed by atoms with van der Waals surface area (Å²) in [5, 5.41) is 0.964. The van der Waals surface area contributed by atoms with E-state index in [1.807, 2.05) is 0 Å². The molecule has 0 nitrogen and oxygen atoms in total. The van der Waals surface area contributed by atoms with E-state index in [-0.39, 0.29) is 4.47 Å². The van der Waals surface area contributed by atoms with Gasteiger partial charge in [-0.3, -0.25) is 0 Å². The van der Waals surface area contributed by atoms with Crippen molar-refractivity contribution in [3.63, 3.8) is 0 Å². The van der Waals surface area contributed by atoms with Gasteiger partial charge in [-0.2, -0.15) is 13.2 Å². The zero-order valence-corrected chi connectivity index (χ0v) is 13.1. The van der Waals surface area contributed by atoms with E-state index in [0.717, 1.165) is 16.7 Å². The molecule has 0 fully saturated rings. The highest BCUT2D eigenvalue weighted by molar-refractivity contribution is 9.10. The van der Waals surface area contributed by atoms with E-state index in [1.54, 1.807) is 24.3 Å². The third kappa shape index (κ3) is 3.27. The predicted molar refractivity (Wildman–Crippen MR) is 76.2 cm³/mol. The summed E-state index contributed by atoms with van der Waals surface area (Å²) < 4.78 is 38.1. The molecule has 0 amide bonds. The number of hydrogen-bond acceptors (Lipinski definition) is 1. The van der Waals surface area contributed by atoms with Gasteiger partial charge in [-0.25, -0.2) is 0 Å². The van der Waals surface area contributed by atoms with E-state index < -0.39 is 17.1 Å². The fraction of sp³-hybridized carbons (Fsp3) is 0.167. The van der Waals surface area contributed by atoms with E-state index in [9.17, 15) is 13.2 Å². The monoisotopic (exact) mass is 388 g/mol. The number of halogens is 6. The molecule has 0 N–H and O–H groups in total. The van der Waals surface area contributed by atoms with E-state index in [1.165, 1.54) is 0 Å². The Balaban J connectivity index is 2.37. The van der Waals surface area contributed by atoms with Crippen LogP contribution in [0.4, 0.5) is 13.2 Å². The smallest absolute Gasteiger partial charge is 0.166 e. The average molecular weight is 390 g/mol. The van der Waals surface area contributed by atoms with Gasteiger partial charge < -0.3 is 0 Å². The fourth-order valence-electron chi connectivity index (χ4n) is 1.50. The van der Waals surface area contributed by atoms with Gasteiger partial charge in [-0.05, 0) is 33.6 Å². The van der Waals surface area contributed by atoms with E-state index in [0.29, 0.717) is 15.5 Å². The lowest BCUT2D eigenvalue weighted by Gasteiger charge is -2.10. The minimum atomic E-state index is -4.38. The Hall–Kier alpha value is -0.230. The molecular weight excluding hydrogens is 384 g/mol. The molecule has 1 unspecified atom stereocenters. The second-order valence-electron chi connectivity index (χ2n) is 3.74. The van der Waals surface area contributed by atoms with Crippen molar-refractivity contribution in [3.8, 4) is 0 Å². The summed E-state index contributed by atoms with van der Waals surface area (Å²) in [7, 11) is 0. The second kappa shape index (κ2) is 5.64. The number of thiophene rings is 1. The van der Waals surface area contributed by atoms with Crippen LogP contribution in [-0.2, 0) is 6.18 Å². The molecule has 2 aromatic rings. The predicted octanol–water partition coefficient (Wildman–Crippen LogP) is 6.51. The molecule has 0 aliphatic carbocycles. The van der Waals surface area contributed by atoms with Crippen LogP contribution < -0.4 is 0 Å². The molecule has 0 saturated carbocycles. The summed E-state index contributed by atoms with van der Waals surface area (Å²) in [6.07, 6.45) is -4.38. The van der Waals surface area contributed by atoms with Crippen LogP contribution in [0.2, 0.25) is 5.02 Å². The Morgan fingerprint density at radius 3 is 2.21 bits per heavy atom. The first-order valence-corrected chi connectivity index (χ1v) is 7.53. The molecule has 0 aliphatic rings. The lowest BCUT2D eigenvalue weighted by atomic mass is 10.1. The maximum atomic E-state index is 12.7. The van der Waals surface area contributed by atoms with Crippen molar-refractivity contribution in [2.24, 2.45) is 0 Å². The highest BCUT2D eigenvalue weighted by atomic mass is 79.9. The summed E-state index contributed by atoms with van der Waals surface area (Å²) in [5.74, 6) is 0. The van der Waals surface area contributed by atoms with Crippen LogP contribution in [0.5, 0.6) is 0 Å². The summed E-state index contributed by atoms with van der Waals surface area (Å²) in [6.45, 7) is 0. The lowest BCUT2D eigenvalue weighted by Crippen LogP contribution is -2.04. The van der Waals surface area contributed by atoms with Gasteiger partial charge in [-0.15, -0.1) is 22.9 Å². The first kappa shape index (κ1) is 15.2. The maximum absolute atomic E-state index is 12.7. The Morgan fingerprint density at radius 1 is 1.16 bits per heavy atom. The summed E-state index contributed by atoms with van der Waals surface area (Å²) in [5.41, 5.74) is -0.00513. The first-order valence-electron chi connectivity index (χ1n) is 5.04. The van der Waals surface area contributed by atoms with Crippen molar-refractivity contribution in [2.45, 2.75) is 11.6 Å². The largest absolute Gasteiger partial charge is 0.418 e. The van der Waals surface area contributed by atoms with Crippen molar-refractivity contribution in [1.82, 2.24) is 0 Å². The van der Waals surface area contributed by atoms with Gasteiger partial charge in [0, 0.05) is 19.8 Å². The summed E-state index contributed by atoms with van der Waals surface area (Å²) in [6, 6.07) is 6.69. The van der Waals surface area contributed by atoms with Crippen LogP contribution in [0, 0.1) is 0 Å². The number of rotatable bonds is 2.